The fraction of sp³-hybridized carbons (Fsp3) is 0.889. The van der Waals surface area contributed by atoms with Crippen LogP contribution in [0, 0.1) is 5.41 Å². The molecule has 0 aliphatic heterocycles. The zero-order chi connectivity index (χ0) is 13.7. The topological polar surface area (TPSA) is 101 Å². The van der Waals surface area contributed by atoms with Crippen molar-refractivity contribution in [3.8, 4) is 0 Å². The summed E-state index contributed by atoms with van der Waals surface area (Å²) in [5.74, 6) is -1.45. The fourth-order valence-electron chi connectivity index (χ4n) is 0.945. The summed E-state index contributed by atoms with van der Waals surface area (Å²) in [6.45, 7) is 2.41. The highest BCUT2D eigenvalue weighted by Gasteiger charge is 2.35. The van der Waals surface area contributed by atoms with E-state index in [4.69, 9.17) is 16.7 Å². The molecule has 0 heterocycles. The van der Waals surface area contributed by atoms with Crippen molar-refractivity contribution < 1.29 is 27.6 Å². The molecule has 102 valence electrons. The summed E-state index contributed by atoms with van der Waals surface area (Å²) < 4.78 is 27.3. The van der Waals surface area contributed by atoms with E-state index in [1.165, 1.54) is 13.8 Å². The van der Waals surface area contributed by atoms with Gasteiger partial charge in [-0.3, -0.25) is 4.18 Å². The summed E-state index contributed by atoms with van der Waals surface area (Å²) in [5, 5.41) is 17.9. The second-order valence-electron chi connectivity index (χ2n) is 4.30. The molecule has 6 nitrogen and oxygen atoms in total. The number of hydrogen-bond donors (Lipinski definition) is 2. The van der Waals surface area contributed by atoms with Crippen LogP contribution < -0.4 is 0 Å². The van der Waals surface area contributed by atoms with E-state index < -0.39 is 34.2 Å². The van der Waals surface area contributed by atoms with E-state index in [1.54, 1.807) is 0 Å². The van der Waals surface area contributed by atoms with Crippen LogP contribution in [-0.2, 0) is 19.1 Å². The van der Waals surface area contributed by atoms with Gasteiger partial charge in [0.2, 0.25) is 0 Å². The quantitative estimate of drug-likeness (QED) is 0.496. The lowest BCUT2D eigenvalue weighted by Crippen LogP contribution is -2.40. The van der Waals surface area contributed by atoms with Crippen LogP contribution >= 0.6 is 11.6 Å². The fourth-order valence-corrected chi connectivity index (χ4v) is 2.34. The second kappa shape index (κ2) is 6.53. The molecular weight excluding hydrogens is 272 g/mol. The first-order valence-electron chi connectivity index (χ1n) is 4.96. The van der Waals surface area contributed by atoms with E-state index in [0.29, 0.717) is 0 Å². The Morgan fingerprint density at radius 1 is 1.47 bits per heavy atom. The molecule has 0 aromatic heterocycles. The Hall–Kier alpha value is -0.370. The smallest absolute Gasteiger partial charge is 0.333 e. The van der Waals surface area contributed by atoms with Crippen LogP contribution in [0.25, 0.3) is 0 Å². The van der Waals surface area contributed by atoms with Gasteiger partial charge in [0, 0.05) is 11.3 Å². The van der Waals surface area contributed by atoms with Crippen molar-refractivity contribution in [3.63, 3.8) is 0 Å². The molecule has 0 amide bonds. The molecule has 1 atom stereocenters. The minimum Gasteiger partial charge on any atom is -0.479 e. The van der Waals surface area contributed by atoms with Gasteiger partial charge in [0.1, 0.15) is 0 Å². The van der Waals surface area contributed by atoms with Gasteiger partial charge in [0.15, 0.2) is 6.10 Å². The Bertz CT molecular complexity index is 350. The molecule has 0 spiro atoms. The first kappa shape index (κ1) is 16.6. The van der Waals surface area contributed by atoms with Crippen LogP contribution in [-0.4, -0.2) is 48.9 Å². The van der Waals surface area contributed by atoms with Gasteiger partial charge >= 0.3 is 5.97 Å². The Balaban J connectivity index is 4.40. The van der Waals surface area contributed by atoms with Crippen LogP contribution in [0.3, 0.4) is 0 Å². The third-order valence-corrected chi connectivity index (χ3v) is 3.65. The summed E-state index contributed by atoms with van der Waals surface area (Å²) >= 11 is 5.35. The Kier molecular flexibility index (Phi) is 6.39. The van der Waals surface area contributed by atoms with Gasteiger partial charge in [-0.15, -0.1) is 11.6 Å². The summed E-state index contributed by atoms with van der Waals surface area (Å²) in [4.78, 5) is 10.6. The Morgan fingerprint density at radius 3 is 2.41 bits per heavy atom. The summed E-state index contributed by atoms with van der Waals surface area (Å²) in [6.07, 6.45) is -1.43. The number of aliphatic hydroxyl groups excluding tert-OH is 1. The number of hydrogen-bond acceptors (Lipinski definition) is 5. The van der Waals surface area contributed by atoms with Crippen molar-refractivity contribution in [2.75, 3.05) is 18.2 Å². The number of carbonyl (C=O) groups is 1. The minimum absolute atomic E-state index is 0.198. The van der Waals surface area contributed by atoms with Gasteiger partial charge in [0.05, 0.1) is 12.4 Å². The first-order chi connectivity index (χ1) is 7.62. The van der Waals surface area contributed by atoms with E-state index in [9.17, 15) is 18.3 Å². The number of carboxylic acid groups (broad SMARTS) is 1. The van der Waals surface area contributed by atoms with Crippen LogP contribution in [0.15, 0.2) is 0 Å². The maximum atomic E-state index is 11.3. The normalized spacial score (nSPS) is 14.6. The molecular formula is C9H17ClO6S. The van der Waals surface area contributed by atoms with Gasteiger partial charge in [-0.05, 0) is 6.42 Å². The molecule has 0 aromatic rings. The van der Waals surface area contributed by atoms with E-state index in [0.717, 1.165) is 0 Å². The Morgan fingerprint density at radius 2 is 2.00 bits per heavy atom. The third-order valence-electron chi connectivity index (χ3n) is 2.11. The Labute approximate surface area is 106 Å². The standard InChI is InChI=1S/C9H17ClO6S/c1-9(2,7(11)8(12)13)6-16-17(14,15)5-3-4-10/h7,11H,3-6H2,1-2H3,(H,12,13)/t7-/m0/s1. The average Bonchev–Trinajstić information content (AvgIpc) is 2.23. The predicted octanol–water partition coefficient (Wildman–Crippen LogP) is 0.433. The molecule has 0 rings (SSSR count). The summed E-state index contributed by atoms with van der Waals surface area (Å²) in [5.41, 5.74) is -1.19. The number of halogens is 1. The molecule has 8 heteroatoms. The van der Waals surface area contributed by atoms with Gasteiger partial charge < -0.3 is 10.2 Å². The lowest BCUT2D eigenvalue weighted by atomic mass is 9.88. The molecule has 0 saturated heterocycles. The number of carboxylic acids is 1. The SMILES string of the molecule is CC(C)(COS(=O)(=O)CCCCl)[C@@H](O)C(=O)O. The average molecular weight is 289 g/mol. The largest absolute Gasteiger partial charge is 0.479 e. The van der Waals surface area contributed by atoms with Crippen molar-refractivity contribution in [1.82, 2.24) is 0 Å². The van der Waals surface area contributed by atoms with Gasteiger partial charge in [0.25, 0.3) is 10.1 Å². The van der Waals surface area contributed by atoms with E-state index in [2.05, 4.69) is 4.18 Å². The molecule has 0 fully saturated rings. The van der Waals surface area contributed by atoms with Crippen molar-refractivity contribution in [2.24, 2.45) is 5.41 Å². The molecule has 0 aliphatic carbocycles. The van der Waals surface area contributed by atoms with Crippen molar-refractivity contribution in [2.45, 2.75) is 26.4 Å². The van der Waals surface area contributed by atoms with Crippen molar-refractivity contribution >= 4 is 27.7 Å². The second-order valence-corrected chi connectivity index (χ2v) is 6.43. The van der Waals surface area contributed by atoms with Crippen LogP contribution in [0.2, 0.25) is 0 Å². The number of aliphatic carboxylic acids is 1. The van der Waals surface area contributed by atoms with E-state index >= 15 is 0 Å². The maximum Gasteiger partial charge on any atom is 0.333 e. The van der Waals surface area contributed by atoms with Gasteiger partial charge in [-0.1, -0.05) is 13.8 Å². The lowest BCUT2D eigenvalue weighted by molar-refractivity contribution is -0.154. The highest BCUT2D eigenvalue weighted by molar-refractivity contribution is 7.86. The molecule has 0 aromatic carbocycles. The number of aliphatic hydroxyl groups is 1. The highest BCUT2D eigenvalue weighted by Crippen LogP contribution is 2.22. The van der Waals surface area contributed by atoms with Crippen LogP contribution in [0.4, 0.5) is 0 Å². The zero-order valence-corrected chi connectivity index (χ0v) is 11.3. The maximum absolute atomic E-state index is 11.3. The number of alkyl halides is 1. The summed E-state index contributed by atoms with van der Waals surface area (Å²) in [6, 6.07) is 0. The van der Waals surface area contributed by atoms with Crippen molar-refractivity contribution in [3.05, 3.63) is 0 Å². The van der Waals surface area contributed by atoms with Gasteiger partial charge in [-0.25, -0.2) is 4.79 Å². The molecule has 17 heavy (non-hydrogen) atoms. The molecule has 2 N–H and O–H groups in total. The number of rotatable bonds is 8. The monoisotopic (exact) mass is 288 g/mol. The molecule has 0 saturated carbocycles. The molecule has 0 aliphatic rings. The third kappa shape index (κ3) is 6.21. The van der Waals surface area contributed by atoms with E-state index in [-0.39, 0.29) is 18.1 Å². The summed E-state index contributed by atoms with van der Waals surface area (Å²) in [7, 11) is -3.72. The minimum atomic E-state index is -3.72. The molecule has 0 bridgehead atoms. The zero-order valence-electron chi connectivity index (χ0n) is 9.72. The predicted molar refractivity (Wildman–Crippen MR) is 62.5 cm³/mol. The van der Waals surface area contributed by atoms with Crippen LogP contribution in [0.5, 0.6) is 0 Å². The van der Waals surface area contributed by atoms with E-state index in [1.807, 2.05) is 0 Å². The van der Waals surface area contributed by atoms with Crippen LogP contribution in [0.1, 0.15) is 20.3 Å². The van der Waals surface area contributed by atoms with Gasteiger partial charge in [-0.2, -0.15) is 8.42 Å². The highest BCUT2D eigenvalue weighted by atomic mass is 35.5. The molecule has 0 radical (unpaired) electrons. The first-order valence-corrected chi connectivity index (χ1v) is 7.07. The van der Waals surface area contributed by atoms with Crippen molar-refractivity contribution in [1.29, 1.82) is 0 Å². The lowest BCUT2D eigenvalue weighted by Gasteiger charge is -2.26. The molecule has 0 unspecified atom stereocenters.